The fourth-order valence-corrected chi connectivity index (χ4v) is 7.75. The highest BCUT2D eigenvalue weighted by Crippen LogP contribution is 2.65. The number of ether oxygens (including phenoxy) is 1. The molecule has 4 aliphatic carbocycles. The van der Waals surface area contributed by atoms with Gasteiger partial charge in [-0.3, -0.25) is 9.59 Å². The van der Waals surface area contributed by atoms with E-state index < -0.39 is 0 Å². The summed E-state index contributed by atoms with van der Waals surface area (Å²) in [6.07, 6.45) is 9.78. The Morgan fingerprint density at radius 3 is 2.54 bits per heavy atom. The highest BCUT2D eigenvalue weighted by Gasteiger charge is 2.59. The number of aliphatic hydroxyl groups excluding tert-OH is 1. The maximum absolute atomic E-state index is 12.4. The maximum Gasteiger partial charge on any atom is 0.302 e. The maximum atomic E-state index is 12.4. The lowest BCUT2D eigenvalue weighted by atomic mass is 9.43. The van der Waals surface area contributed by atoms with Gasteiger partial charge in [-0.05, 0) is 80.5 Å². The minimum atomic E-state index is -0.344. The molecule has 0 aromatic heterocycles. The third kappa shape index (κ3) is 3.07. The number of aliphatic hydroxyl groups is 1. The average molecular weight is 389 g/mol. The third-order valence-electron chi connectivity index (χ3n) is 9.15. The first-order valence-corrected chi connectivity index (χ1v) is 11.2. The standard InChI is InChI=1S/C24H36O4/c1-14(25)21-12-17(27)13-22-19-6-5-16-11-18(28-15(2)26)7-9-23(16,3)20(19)8-10-24(21,22)4/h5,17-22,27H,6-13H2,1-4H3/t17-,18-,19?,20?,21+,22?,23-,24+/m0/s1. The van der Waals surface area contributed by atoms with E-state index in [1.807, 2.05) is 0 Å². The second kappa shape index (κ2) is 6.97. The largest absolute Gasteiger partial charge is 0.462 e. The van der Waals surface area contributed by atoms with E-state index >= 15 is 0 Å². The molecule has 28 heavy (non-hydrogen) atoms. The summed E-state index contributed by atoms with van der Waals surface area (Å²) in [5.74, 6) is 1.66. The Kier molecular flexibility index (Phi) is 5.01. The normalized spacial score (nSPS) is 47.8. The molecule has 156 valence electrons. The summed E-state index contributed by atoms with van der Waals surface area (Å²) in [6, 6.07) is 0. The van der Waals surface area contributed by atoms with Crippen molar-refractivity contribution < 1.29 is 19.4 Å². The van der Waals surface area contributed by atoms with Crippen molar-refractivity contribution in [2.24, 2.45) is 34.5 Å². The van der Waals surface area contributed by atoms with Crippen LogP contribution < -0.4 is 0 Å². The zero-order chi connectivity index (χ0) is 20.3. The number of hydrogen-bond donors (Lipinski definition) is 1. The van der Waals surface area contributed by atoms with Crippen molar-refractivity contribution in [3.63, 3.8) is 0 Å². The molecule has 4 nitrogen and oxygen atoms in total. The van der Waals surface area contributed by atoms with E-state index in [4.69, 9.17) is 4.74 Å². The molecule has 0 heterocycles. The zero-order valence-corrected chi connectivity index (χ0v) is 17.9. The van der Waals surface area contributed by atoms with Crippen molar-refractivity contribution in [1.82, 2.24) is 0 Å². The molecule has 1 N–H and O–H groups in total. The fraction of sp³-hybridized carbons (Fsp3) is 0.833. The lowest BCUT2D eigenvalue weighted by Crippen LogP contribution is -2.56. The van der Waals surface area contributed by atoms with E-state index in [0.29, 0.717) is 24.2 Å². The molecule has 8 atom stereocenters. The van der Waals surface area contributed by atoms with E-state index in [2.05, 4.69) is 19.9 Å². The second-order valence-electron chi connectivity index (χ2n) is 10.6. The molecule has 0 saturated heterocycles. The highest BCUT2D eigenvalue weighted by molar-refractivity contribution is 5.79. The van der Waals surface area contributed by atoms with Crippen LogP contribution in [0.5, 0.6) is 0 Å². The summed E-state index contributed by atoms with van der Waals surface area (Å²) in [5.41, 5.74) is 1.69. The zero-order valence-electron chi connectivity index (χ0n) is 17.9. The first kappa shape index (κ1) is 20.1. The third-order valence-corrected chi connectivity index (χ3v) is 9.15. The molecule has 0 bridgehead atoms. The summed E-state index contributed by atoms with van der Waals surface area (Å²) in [7, 11) is 0. The van der Waals surface area contributed by atoms with Crippen molar-refractivity contribution in [3.8, 4) is 0 Å². The number of allylic oxidation sites excluding steroid dienone is 1. The molecule has 3 saturated carbocycles. The summed E-state index contributed by atoms with van der Waals surface area (Å²) >= 11 is 0. The van der Waals surface area contributed by atoms with Gasteiger partial charge < -0.3 is 9.84 Å². The Morgan fingerprint density at radius 2 is 1.86 bits per heavy atom. The molecule has 0 aliphatic heterocycles. The van der Waals surface area contributed by atoms with E-state index in [-0.39, 0.29) is 40.7 Å². The predicted molar refractivity (Wildman–Crippen MR) is 107 cm³/mol. The van der Waals surface area contributed by atoms with Crippen LogP contribution in [-0.4, -0.2) is 29.1 Å². The monoisotopic (exact) mass is 388 g/mol. The van der Waals surface area contributed by atoms with Gasteiger partial charge in [0.25, 0.3) is 0 Å². The van der Waals surface area contributed by atoms with Gasteiger partial charge in [-0.1, -0.05) is 25.5 Å². The van der Waals surface area contributed by atoms with Crippen LogP contribution in [0.4, 0.5) is 0 Å². The topological polar surface area (TPSA) is 63.6 Å². The Labute approximate surface area is 169 Å². The van der Waals surface area contributed by atoms with E-state index in [1.54, 1.807) is 6.92 Å². The molecule has 4 heteroatoms. The summed E-state index contributed by atoms with van der Waals surface area (Å²) in [5, 5.41) is 10.6. The predicted octanol–water partition coefficient (Wildman–Crippen LogP) is 4.45. The van der Waals surface area contributed by atoms with Gasteiger partial charge in [-0.25, -0.2) is 0 Å². The quantitative estimate of drug-likeness (QED) is 0.561. The van der Waals surface area contributed by atoms with Crippen molar-refractivity contribution >= 4 is 11.8 Å². The minimum absolute atomic E-state index is 0.0000792. The van der Waals surface area contributed by atoms with Crippen LogP contribution in [0.1, 0.15) is 79.1 Å². The molecule has 3 unspecified atom stereocenters. The summed E-state index contributed by atoms with van der Waals surface area (Å²) in [4.78, 5) is 23.8. The van der Waals surface area contributed by atoms with Crippen LogP contribution in [0.25, 0.3) is 0 Å². The Balaban J connectivity index is 1.62. The Bertz CT molecular complexity index is 697. The first-order valence-electron chi connectivity index (χ1n) is 11.2. The van der Waals surface area contributed by atoms with Gasteiger partial charge in [0.1, 0.15) is 11.9 Å². The van der Waals surface area contributed by atoms with Gasteiger partial charge in [0, 0.05) is 19.3 Å². The van der Waals surface area contributed by atoms with Crippen LogP contribution in [0.15, 0.2) is 11.6 Å². The first-order chi connectivity index (χ1) is 13.1. The van der Waals surface area contributed by atoms with Gasteiger partial charge >= 0.3 is 5.97 Å². The lowest BCUT2D eigenvalue weighted by molar-refractivity contribution is -0.154. The lowest BCUT2D eigenvalue weighted by Gasteiger charge is -2.62. The molecular formula is C24H36O4. The Morgan fingerprint density at radius 1 is 1.11 bits per heavy atom. The molecule has 0 aromatic rings. The fourth-order valence-electron chi connectivity index (χ4n) is 7.75. The van der Waals surface area contributed by atoms with Gasteiger partial charge in [0.2, 0.25) is 0 Å². The Hall–Kier alpha value is -1.16. The van der Waals surface area contributed by atoms with E-state index in [9.17, 15) is 14.7 Å². The molecule has 0 aromatic carbocycles. The number of Topliss-reactive ketones (excluding diaryl/α,β-unsaturated/α-hetero) is 1. The van der Waals surface area contributed by atoms with E-state index in [0.717, 1.165) is 38.5 Å². The summed E-state index contributed by atoms with van der Waals surface area (Å²) < 4.78 is 5.53. The van der Waals surface area contributed by atoms with Crippen LogP contribution in [0, 0.1) is 34.5 Å². The van der Waals surface area contributed by atoms with Crippen molar-refractivity contribution in [2.75, 3.05) is 0 Å². The molecule has 4 aliphatic rings. The van der Waals surface area contributed by atoms with Crippen LogP contribution in [0.3, 0.4) is 0 Å². The molecule has 0 radical (unpaired) electrons. The molecule has 0 amide bonds. The SMILES string of the molecule is CC(=O)O[C@H]1CC[C@@]2(C)C(=CCC3C2CC[C@@]2(C)C3C[C@@H](O)C[C@@H]2C(C)=O)C1. The average Bonchev–Trinajstić information content (AvgIpc) is 2.61. The minimum Gasteiger partial charge on any atom is -0.462 e. The smallest absolute Gasteiger partial charge is 0.302 e. The molecule has 4 rings (SSSR count). The van der Waals surface area contributed by atoms with Gasteiger partial charge in [0.15, 0.2) is 0 Å². The van der Waals surface area contributed by atoms with Crippen LogP contribution >= 0.6 is 0 Å². The van der Waals surface area contributed by atoms with E-state index in [1.165, 1.54) is 18.9 Å². The number of fused-ring (bicyclic) bond motifs is 5. The second-order valence-corrected chi connectivity index (χ2v) is 10.6. The van der Waals surface area contributed by atoms with Crippen LogP contribution in [0.2, 0.25) is 0 Å². The number of carbonyl (C=O) groups excluding carboxylic acids is 2. The summed E-state index contributed by atoms with van der Waals surface area (Å²) in [6.45, 7) is 7.96. The molecule has 3 fully saturated rings. The van der Waals surface area contributed by atoms with Crippen molar-refractivity contribution in [2.45, 2.75) is 91.3 Å². The van der Waals surface area contributed by atoms with Crippen molar-refractivity contribution in [1.29, 1.82) is 0 Å². The number of carbonyl (C=O) groups is 2. The van der Waals surface area contributed by atoms with Gasteiger partial charge in [-0.15, -0.1) is 0 Å². The number of rotatable bonds is 2. The molecular weight excluding hydrogens is 352 g/mol. The van der Waals surface area contributed by atoms with Gasteiger partial charge in [0.05, 0.1) is 6.10 Å². The molecule has 0 spiro atoms. The highest BCUT2D eigenvalue weighted by atomic mass is 16.5. The van der Waals surface area contributed by atoms with Crippen molar-refractivity contribution in [3.05, 3.63) is 11.6 Å². The number of hydrogen-bond acceptors (Lipinski definition) is 4. The number of esters is 1. The number of ketones is 1. The van der Waals surface area contributed by atoms with Gasteiger partial charge in [-0.2, -0.15) is 0 Å². The van der Waals surface area contributed by atoms with Crippen LogP contribution in [-0.2, 0) is 14.3 Å².